The molecule has 0 radical (unpaired) electrons. The Morgan fingerprint density at radius 3 is 2.55 bits per heavy atom. The number of hydrogen-bond donors (Lipinski definition) is 1. The average Bonchev–Trinajstić information content (AvgIpc) is 3.08. The fraction of sp³-hybridized carbons (Fsp3) is 0.160. The number of benzene rings is 2. The van der Waals surface area contributed by atoms with E-state index in [1.165, 1.54) is 24.1 Å². The number of carbonyl (C=O) groups excluding carboxylic acids is 2. The summed E-state index contributed by atoms with van der Waals surface area (Å²) < 4.78 is 19.1. The van der Waals surface area contributed by atoms with Gasteiger partial charge in [-0.15, -0.1) is 0 Å². The summed E-state index contributed by atoms with van der Waals surface area (Å²) >= 11 is 3.38. The molecule has 2 aromatic carbocycles. The predicted octanol–water partition coefficient (Wildman–Crippen LogP) is 4.66. The molecule has 1 atom stereocenters. The topological polar surface area (TPSA) is 79.7 Å². The van der Waals surface area contributed by atoms with E-state index < -0.39 is 17.7 Å². The molecule has 0 saturated carbocycles. The molecule has 0 spiro atoms. The quantitative estimate of drug-likeness (QED) is 0.296. The van der Waals surface area contributed by atoms with E-state index in [9.17, 15) is 19.1 Å². The Morgan fingerprint density at radius 1 is 1.15 bits per heavy atom. The number of amides is 1. The van der Waals surface area contributed by atoms with Crippen LogP contribution in [0.5, 0.6) is 5.75 Å². The van der Waals surface area contributed by atoms with Crippen molar-refractivity contribution >= 4 is 33.4 Å². The zero-order valence-corrected chi connectivity index (χ0v) is 19.3. The van der Waals surface area contributed by atoms with E-state index in [0.29, 0.717) is 27.9 Å². The molecule has 0 aliphatic carbocycles. The van der Waals surface area contributed by atoms with Crippen LogP contribution in [0.25, 0.3) is 5.76 Å². The summed E-state index contributed by atoms with van der Waals surface area (Å²) in [5.41, 5.74) is 1.61. The fourth-order valence-electron chi connectivity index (χ4n) is 3.83. The van der Waals surface area contributed by atoms with Crippen molar-refractivity contribution in [2.45, 2.75) is 12.5 Å². The summed E-state index contributed by atoms with van der Waals surface area (Å²) in [6.07, 6.45) is 1.98. The summed E-state index contributed by atoms with van der Waals surface area (Å²) in [5, 5.41) is 11.1. The number of aliphatic hydroxyl groups is 1. The minimum Gasteiger partial charge on any atom is -0.507 e. The molecule has 1 aromatic heterocycles. The molecular weight excluding hydrogens is 491 g/mol. The van der Waals surface area contributed by atoms with Crippen molar-refractivity contribution < 1.29 is 23.8 Å². The number of likely N-dealkylation sites (tertiary alicyclic amines) is 1. The van der Waals surface area contributed by atoms with Gasteiger partial charge in [0.1, 0.15) is 23.4 Å². The molecule has 1 saturated heterocycles. The fourth-order valence-corrected chi connectivity index (χ4v) is 4.37. The molecule has 8 heteroatoms. The maximum absolute atomic E-state index is 13.2. The Labute approximate surface area is 198 Å². The maximum atomic E-state index is 13.2. The lowest BCUT2D eigenvalue weighted by molar-refractivity contribution is -0.139. The summed E-state index contributed by atoms with van der Waals surface area (Å²) in [7, 11) is 1.52. The average molecular weight is 511 g/mol. The lowest BCUT2D eigenvalue weighted by Gasteiger charge is -2.24. The Kier molecular flexibility index (Phi) is 6.55. The first-order chi connectivity index (χ1) is 15.9. The molecule has 33 heavy (non-hydrogen) atoms. The van der Waals surface area contributed by atoms with Gasteiger partial charge in [-0.3, -0.25) is 14.6 Å². The van der Waals surface area contributed by atoms with Crippen LogP contribution in [0.3, 0.4) is 0 Å². The number of halogens is 2. The number of hydrogen-bond acceptors (Lipinski definition) is 5. The Morgan fingerprint density at radius 2 is 1.91 bits per heavy atom. The van der Waals surface area contributed by atoms with Crippen molar-refractivity contribution in [1.29, 1.82) is 0 Å². The first-order valence-corrected chi connectivity index (χ1v) is 11.0. The van der Waals surface area contributed by atoms with Crippen LogP contribution >= 0.6 is 15.9 Å². The molecular formula is C25H20BrFN2O4. The first-order valence-electron chi connectivity index (χ1n) is 10.2. The summed E-state index contributed by atoms with van der Waals surface area (Å²) in [6.45, 7) is 0.195. The molecule has 1 amide bonds. The number of nitrogens with zero attached hydrogens (tertiary/aromatic N) is 2. The van der Waals surface area contributed by atoms with Crippen molar-refractivity contribution in [3.8, 4) is 5.75 Å². The van der Waals surface area contributed by atoms with Gasteiger partial charge in [-0.05, 0) is 70.4 Å². The highest BCUT2D eigenvalue weighted by molar-refractivity contribution is 9.10. The zero-order valence-electron chi connectivity index (χ0n) is 17.7. The molecule has 1 aliphatic heterocycles. The van der Waals surface area contributed by atoms with Gasteiger partial charge in [0.05, 0.1) is 22.8 Å². The van der Waals surface area contributed by atoms with Crippen LogP contribution in [0.2, 0.25) is 0 Å². The number of carbonyl (C=O) groups is 2. The lowest BCUT2D eigenvalue weighted by atomic mass is 9.98. The summed E-state index contributed by atoms with van der Waals surface area (Å²) in [5.74, 6) is -1.58. The van der Waals surface area contributed by atoms with Gasteiger partial charge in [0.15, 0.2) is 0 Å². The highest BCUT2D eigenvalue weighted by atomic mass is 79.9. The third-order valence-electron chi connectivity index (χ3n) is 5.49. The molecule has 4 rings (SSSR count). The number of pyridine rings is 1. The summed E-state index contributed by atoms with van der Waals surface area (Å²) in [4.78, 5) is 31.8. The van der Waals surface area contributed by atoms with Crippen molar-refractivity contribution in [2.75, 3.05) is 13.7 Å². The second kappa shape index (κ2) is 9.54. The van der Waals surface area contributed by atoms with E-state index in [1.54, 1.807) is 54.7 Å². The van der Waals surface area contributed by atoms with Gasteiger partial charge in [-0.2, -0.15) is 0 Å². The van der Waals surface area contributed by atoms with Crippen LogP contribution in [0, 0.1) is 5.82 Å². The van der Waals surface area contributed by atoms with Crippen LogP contribution in [0.15, 0.2) is 76.9 Å². The molecule has 168 valence electrons. The van der Waals surface area contributed by atoms with Gasteiger partial charge >= 0.3 is 0 Å². The van der Waals surface area contributed by atoms with Gasteiger partial charge in [0.2, 0.25) is 0 Å². The second-order valence-corrected chi connectivity index (χ2v) is 8.33. The van der Waals surface area contributed by atoms with Crippen molar-refractivity contribution in [3.63, 3.8) is 0 Å². The van der Waals surface area contributed by atoms with Crippen LogP contribution in [-0.4, -0.2) is 40.3 Å². The number of rotatable bonds is 6. The Bertz CT molecular complexity index is 1230. The zero-order chi connectivity index (χ0) is 23.5. The minimum absolute atomic E-state index is 0.0325. The smallest absolute Gasteiger partial charge is 0.295 e. The molecule has 3 aromatic rings. The number of ketones is 1. The maximum Gasteiger partial charge on any atom is 0.295 e. The number of aromatic nitrogens is 1. The van der Waals surface area contributed by atoms with Gasteiger partial charge < -0.3 is 14.7 Å². The Hall–Kier alpha value is -3.52. The lowest BCUT2D eigenvalue weighted by Crippen LogP contribution is -2.32. The highest BCUT2D eigenvalue weighted by Crippen LogP contribution is 2.39. The normalized spacial score (nSPS) is 17.4. The standard InChI is InChI=1S/C25H20BrFN2O4/c1-33-20-10-7-16(14-18(20)26)23(30)21-22(19-4-2-3-12-28-19)29(25(32)24(21)31)13-11-15-5-8-17(27)9-6-15/h2-10,12,14,22,30H,11,13H2,1H3/b23-21-. The third kappa shape index (κ3) is 4.52. The number of Topliss-reactive ketones (excluding diaryl/α,β-unsaturated/α-hetero) is 1. The number of ether oxygens (including phenoxy) is 1. The number of methoxy groups -OCH3 is 1. The van der Waals surface area contributed by atoms with Crippen LogP contribution in [0.1, 0.15) is 22.9 Å². The van der Waals surface area contributed by atoms with Crippen LogP contribution in [-0.2, 0) is 16.0 Å². The van der Waals surface area contributed by atoms with Crippen molar-refractivity contribution in [3.05, 3.63) is 99.5 Å². The molecule has 2 heterocycles. The molecule has 1 N–H and O–H groups in total. The van der Waals surface area contributed by atoms with Crippen molar-refractivity contribution in [1.82, 2.24) is 9.88 Å². The van der Waals surface area contributed by atoms with Crippen molar-refractivity contribution in [2.24, 2.45) is 0 Å². The second-order valence-electron chi connectivity index (χ2n) is 7.47. The largest absolute Gasteiger partial charge is 0.507 e. The molecule has 1 fully saturated rings. The SMILES string of the molecule is COc1ccc(/C(O)=C2/C(=O)C(=O)N(CCc3ccc(F)cc3)C2c2ccccn2)cc1Br. The minimum atomic E-state index is -0.854. The van der Waals surface area contributed by atoms with Crippen LogP contribution < -0.4 is 4.74 Å². The van der Waals surface area contributed by atoms with E-state index in [-0.39, 0.29) is 23.7 Å². The molecule has 1 aliphatic rings. The highest BCUT2D eigenvalue weighted by Gasteiger charge is 2.46. The summed E-state index contributed by atoms with van der Waals surface area (Å²) in [6, 6.07) is 15.2. The predicted molar refractivity (Wildman–Crippen MR) is 124 cm³/mol. The van der Waals surface area contributed by atoms with E-state index in [1.807, 2.05) is 0 Å². The van der Waals surface area contributed by atoms with E-state index in [0.717, 1.165) is 5.56 Å². The van der Waals surface area contributed by atoms with Gasteiger partial charge in [-0.1, -0.05) is 18.2 Å². The Balaban J connectivity index is 1.76. The van der Waals surface area contributed by atoms with E-state index >= 15 is 0 Å². The monoisotopic (exact) mass is 510 g/mol. The van der Waals surface area contributed by atoms with Gasteiger partial charge in [0.25, 0.3) is 11.7 Å². The van der Waals surface area contributed by atoms with Crippen LogP contribution in [0.4, 0.5) is 4.39 Å². The molecule has 1 unspecified atom stereocenters. The number of aliphatic hydroxyl groups excluding tert-OH is 1. The third-order valence-corrected chi connectivity index (χ3v) is 6.11. The molecule has 0 bridgehead atoms. The van der Waals surface area contributed by atoms with Gasteiger partial charge in [0, 0.05) is 18.3 Å². The van der Waals surface area contributed by atoms with Gasteiger partial charge in [-0.25, -0.2) is 4.39 Å². The first kappa shape index (κ1) is 22.7. The van der Waals surface area contributed by atoms with E-state index in [2.05, 4.69) is 20.9 Å². The molecule has 6 nitrogen and oxygen atoms in total. The van der Waals surface area contributed by atoms with E-state index in [4.69, 9.17) is 4.74 Å².